The number of rotatable bonds is 5. The van der Waals surface area contributed by atoms with Crippen LogP contribution in [0.4, 0.5) is 17.1 Å². The number of carbonyl (C=O) groups is 3. The smallest absolute Gasteiger partial charge is 0.282 e. The van der Waals surface area contributed by atoms with Gasteiger partial charge >= 0.3 is 0 Å². The van der Waals surface area contributed by atoms with Crippen molar-refractivity contribution in [3.05, 3.63) is 96.2 Å². The Bertz CT molecular complexity index is 1140. The van der Waals surface area contributed by atoms with E-state index in [1.807, 2.05) is 48.5 Å². The number of hydrogen-bond donors (Lipinski definition) is 2. The SMILES string of the molecule is CC(=O)Nc1ccc(N2C(=O)C(Nc3ccccc3)=C(c3ccccc3)C2=O)cc1. The fraction of sp³-hybridized carbons (Fsp3) is 0.0417. The number of carbonyl (C=O) groups excluding carboxylic acids is 3. The molecule has 1 heterocycles. The van der Waals surface area contributed by atoms with E-state index < -0.39 is 11.8 Å². The fourth-order valence-corrected chi connectivity index (χ4v) is 3.32. The molecule has 0 spiro atoms. The van der Waals surface area contributed by atoms with Crippen LogP contribution in [0.15, 0.2) is 90.6 Å². The van der Waals surface area contributed by atoms with Crippen LogP contribution in [-0.4, -0.2) is 17.7 Å². The molecule has 0 unspecified atom stereocenters. The molecule has 0 saturated carbocycles. The quantitative estimate of drug-likeness (QED) is 0.637. The molecule has 0 aromatic heterocycles. The second kappa shape index (κ2) is 8.05. The van der Waals surface area contributed by atoms with Crippen LogP contribution in [0.5, 0.6) is 0 Å². The van der Waals surface area contributed by atoms with Crippen molar-refractivity contribution < 1.29 is 14.4 Å². The first-order chi connectivity index (χ1) is 14.5. The Hall–Kier alpha value is -4.19. The van der Waals surface area contributed by atoms with Crippen molar-refractivity contribution in [2.24, 2.45) is 0 Å². The third-order valence-electron chi connectivity index (χ3n) is 4.64. The second-order valence-corrected chi connectivity index (χ2v) is 6.78. The number of nitrogens with one attached hydrogen (secondary N) is 2. The first-order valence-corrected chi connectivity index (χ1v) is 9.43. The maximum absolute atomic E-state index is 13.3. The minimum Gasteiger partial charge on any atom is -0.350 e. The van der Waals surface area contributed by atoms with Crippen LogP contribution in [0.3, 0.4) is 0 Å². The van der Waals surface area contributed by atoms with Gasteiger partial charge in [-0.2, -0.15) is 0 Å². The Morgan fingerprint density at radius 2 is 1.33 bits per heavy atom. The fourth-order valence-electron chi connectivity index (χ4n) is 3.32. The molecule has 30 heavy (non-hydrogen) atoms. The Labute approximate surface area is 173 Å². The summed E-state index contributed by atoms with van der Waals surface area (Å²) < 4.78 is 0. The van der Waals surface area contributed by atoms with Gasteiger partial charge in [0, 0.05) is 18.3 Å². The Morgan fingerprint density at radius 1 is 0.733 bits per heavy atom. The highest BCUT2D eigenvalue weighted by Gasteiger charge is 2.40. The van der Waals surface area contributed by atoms with E-state index in [9.17, 15) is 14.4 Å². The lowest BCUT2D eigenvalue weighted by molar-refractivity contribution is -0.120. The van der Waals surface area contributed by atoms with Gasteiger partial charge in [-0.05, 0) is 42.0 Å². The summed E-state index contributed by atoms with van der Waals surface area (Å²) in [6.45, 7) is 1.42. The van der Waals surface area contributed by atoms with E-state index in [1.165, 1.54) is 6.92 Å². The monoisotopic (exact) mass is 397 g/mol. The van der Waals surface area contributed by atoms with E-state index in [2.05, 4.69) is 10.6 Å². The summed E-state index contributed by atoms with van der Waals surface area (Å²) in [6, 6.07) is 24.9. The Kier molecular flexibility index (Phi) is 5.13. The van der Waals surface area contributed by atoms with Gasteiger partial charge < -0.3 is 10.6 Å². The normalized spacial score (nSPS) is 13.6. The molecule has 1 aliphatic rings. The Balaban J connectivity index is 1.73. The van der Waals surface area contributed by atoms with Gasteiger partial charge in [-0.1, -0.05) is 48.5 Å². The summed E-state index contributed by atoms with van der Waals surface area (Å²) >= 11 is 0. The summed E-state index contributed by atoms with van der Waals surface area (Å²) in [5.41, 5.74) is 2.93. The van der Waals surface area contributed by atoms with Crippen molar-refractivity contribution in [2.75, 3.05) is 15.5 Å². The third kappa shape index (κ3) is 3.71. The molecule has 0 fully saturated rings. The van der Waals surface area contributed by atoms with Gasteiger partial charge in [0.15, 0.2) is 0 Å². The molecule has 0 aliphatic carbocycles. The van der Waals surface area contributed by atoms with Crippen molar-refractivity contribution in [3.63, 3.8) is 0 Å². The molecular formula is C24H19N3O3. The van der Waals surface area contributed by atoms with Crippen molar-refractivity contribution >= 4 is 40.4 Å². The lowest BCUT2D eigenvalue weighted by Gasteiger charge is -2.16. The predicted molar refractivity (Wildman–Crippen MR) is 117 cm³/mol. The highest BCUT2D eigenvalue weighted by Crippen LogP contribution is 2.34. The predicted octanol–water partition coefficient (Wildman–Crippen LogP) is 4.04. The summed E-state index contributed by atoms with van der Waals surface area (Å²) in [5.74, 6) is -1.04. The zero-order chi connectivity index (χ0) is 21.1. The number of hydrogen-bond acceptors (Lipinski definition) is 4. The molecule has 0 bridgehead atoms. The summed E-state index contributed by atoms with van der Waals surface area (Å²) in [6.07, 6.45) is 0. The number of nitrogens with zero attached hydrogens (tertiary/aromatic N) is 1. The van der Waals surface area contributed by atoms with Gasteiger partial charge in [-0.25, -0.2) is 4.90 Å². The molecule has 3 aromatic carbocycles. The van der Waals surface area contributed by atoms with E-state index in [0.717, 1.165) is 4.90 Å². The van der Waals surface area contributed by atoms with Crippen molar-refractivity contribution in [3.8, 4) is 0 Å². The molecule has 1 aliphatic heterocycles. The van der Waals surface area contributed by atoms with Crippen LogP contribution in [0.1, 0.15) is 12.5 Å². The minimum absolute atomic E-state index is 0.196. The molecular weight excluding hydrogens is 378 g/mol. The molecule has 3 aromatic rings. The first-order valence-electron chi connectivity index (χ1n) is 9.43. The first kappa shape index (κ1) is 19.1. The average molecular weight is 397 g/mol. The van der Waals surface area contributed by atoms with Crippen LogP contribution in [0.25, 0.3) is 5.57 Å². The summed E-state index contributed by atoms with van der Waals surface area (Å²) in [4.78, 5) is 39.0. The van der Waals surface area contributed by atoms with Gasteiger partial charge in [0.05, 0.1) is 11.3 Å². The zero-order valence-corrected chi connectivity index (χ0v) is 16.3. The van der Waals surface area contributed by atoms with Gasteiger partial charge in [-0.3, -0.25) is 14.4 Å². The number of benzene rings is 3. The molecule has 6 heteroatoms. The maximum Gasteiger partial charge on any atom is 0.282 e. The summed E-state index contributed by atoms with van der Waals surface area (Å²) in [7, 11) is 0. The van der Waals surface area contributed by atoms with Gasteiger partial charge in [0.1, 0.15) is 5.70 Å². The van der Waals surface area contributed by atoms with Crippen LogP contribution >= 0.6 is 0 Å². The zero-order valence-electron chi connectivity index (χ0n) is 16.3. The molecule has 0 atom stereocenters. The van der Waals surface area contributed by atoms with Crippen LogP contribution in [-0.2, 0) is 14.4 Å². The van der Waals surface area contributed by atoms with E-state index in [0.29, 0.717) is 28.2 Å². The molecule has 6 nitrogen and oxygen atoms in total. The van der Waals surface area contributed by atoms with Gasteiger partial charge in [-0.15, -0.1) is 0 Å². The molecule has 2 N–H and O–H groups in total. The van der Waals surface area contributed by atoms with Crippen LogP contribution in [0.2, 0.25) is 0 Å². The van der Waals surface area contributed by atoms with Gasteiger partial charge in [0.25, 0.3) is 11.8 Å². The van der Waals surface area contributed by atoms with Crippen molar-refractivity contribution in [2.45, 2.75) is 6.92 Å². The van der Waals surface area contributed by atoms with Crippen molar-refractivity contribution in [1.82, 2.24) is 0 Å². The second-order valence-electron chi connectivity index (χ2n) is 6.78. The lowest BCUT2D eigenvalue weighted by Crippen LogP contribution is -2.32. The Morgan fingerprint density at radius 3 is 1.93 bits per heavy atom. The molecule has 0 saturated heterocycles. The highest BCUT2D eigenvalue weighted by atomic mass is 16.2. The average Bonchev–Trinajstić information content (AvgIpc) is 2.99. The van der Waals surface area contributed by atoms with E-state index >= 15 is 0 Å². The van der Waals surface area contributed by atoms with Gasteiger partial charge in [0.2, 0.25) is 5.91 Å². The topological polar surface area (TPSA) is 78.5 Å². The molecule has 4 rings (SSSR count). The lowest BCUT2D eigenvalue weighted by atomic mass is 10.0. The number of amides is 3. The van der Waals surface area contributed by atoms with E-state index in [1.54, 1.807) is 36.4 Å². The van der Waals surface area contributed by atoms with Crippen LogP contribution < -0.4 is 15.5 Å². The molecule has 3 amide bonds. The number of anilines is 3. The minimum atomic E-state index is -0.435. The maximum atomic E-state index is 13.3. The van der Waals surface area contributed by atoms with E-state index in [4.69, 9.17) is 0 Å². The number of para-hydroxylation sites is 1. The highest BCUT2D eigenvalue weighted by molar-refractivity contribution is 6.46. The molecule has 0 radical (unpaired) electrons. The van der Waals surface area contributed by atoms with E-state index in [-0.39, 0.29) is 11.6 Å². The largest absolute Gasteiger partial charge is 0.350 e. The standard InChI is InChI=1S/C24H19N3O3/c1-16(28)25-19-12-14-20(15-13-19)27-23(29)21(17-8-4-2-5-9-17)22(24(27)30)26-18-10-6-3-7-11-18/h2-15,26H,1H3,(H,25,28). The van der Waals surface area contributed by atoms with Crippen molar-refractivity contribution in [1.29, 1.82) is 0 Å². The van der Waals surface area contributed by atoms with Crippen LogP contribution in [0, 0.1) is 0 Å². The number of imide groups is 1. The molecule has 148 valence electrons. The third-order valence-corrected chi connectivity index (χ3v) is 4.64. The summed E-state index contributed by atoms with van der Waals surface area (Å²) in [5, 5.41) is 5.79.